The number of aryl methyl sites for hydroxylation is 2. The van der Waals surface area contributed by atoms with Gasteiger partial charge >= 0.3 is 11.7 Å². The van der Waals surface area contributed by atoms with Crippen molar-refractivity contribution < 1.29 is 22.1 Å². The maximum atomic E-state index is 9.20. The lowest BCUT2D eigenvalue weighted by Gasteiger charge is -2.32. The van der Waals surface area contributed by atoms with E-state index in [2.05, 4.69) is 155 Å². The summed E-state index contributed by atoms with van der Waals surface area (Å²) >= 11 is 0. The molecule has 4 heteroatoms. The van der Waals surface area contributed by atoms with E-state index in [1.54, 1.807) is 12.1 Å². The normalized spacial score (nSPS) is 17.9. The molecule has 8 aromatic rings. The molecule has 1 atom stereocenters. The summed E-state index contributed by atoms with van der Waals surface area (Å²) in [5.74, 6) is 0.254. The lowest BCUT2D eigenvalue weighted by molar-refractivity contribution is -0.997. The largest absolute Gasteiger partial charge is 0.499 e. The van der Waals surface area contributed by atoms with Gasteiger partial charge in [-0.15, -0.1) is 9.13 Å². The average molecular weight is 804 g/mol. The van der Waals surface area contributed by atoms with Gasteiger partial charge in [0.25, 0.3) is 0 Å². The van der Waals surface area contributed by atoms with E-state index >= 15 is 0 Å². The van der Waals surface area contributed by atoms with Gasteiger partial charge in [0, 0.05) is 31.5 Å². The van der Waals surface area contributed by atoms with E-state index in [4.69, 9.17) is 8.85 Å². The molecule has 11 rings (SSSR count). The van der Waals surface area contributed by atoms with Crippen molar-refractivity contribution in [2.24, 2.45) is 0 Å². The van der Waals surface area contributed by atoms with Crippen LogP contribution in [0.25, 0.3) is 72.7 Å². The Balaban J connectivity index is 1.22. The first-order valence-corrected chi connectivity index (χ1v) is 21.4. The predicted molar refractivity (Wildman–Crippen MR) is 250 cm³/mol. The number of nitrogens with zero attached hydrogens (tertiary/aromatic N) is 3. The van der Waals surface area contributed by atoms with E-state index in [0.29, 0.717) is 17.0 Å². The second-order valence-electron chi connectivity index (χ2n) is 20.3. The number of rotatable bonds is 3. The summed E-state index contributed by atoms with van der Waals surface area (Å²) in [5, 5.41) is 0. The Kier molecular flexibility index (Phi) is 6.43. The topological polar surface area (TPSA) is 21.9 Å². The number of ether oxygens (including phenoxy) is 1. The molecule has 1 unspecified atom stereocenters. The van der Waals surface area contributed by atoms with Crippen LogP contribution in [0.3, 0.4) is 0 Å². The summed E-state index contributed by atoms with van der Waals surface area (Å²) in [6, 6.07) is 43.2. The second-order valence-corrected chi connectivity index (χ2v) is 20.3. The zero-order valence-electron chi connectivity index (χ0n) is 42.5. The Morgan fingerprint density at radius 2 is 1.21 bits per heavy atom. The first-order chi connectivity index (χ1) is 31.4. The highest BCUT2D eigenvalue weighted by atomic mass is 16.5. The molecule has 302 valence electrons. The van der Waals surface area contributed by atoms with E-state index in [1.807, 2.05) is 42.5 Å². The molecule has 1 spiro atoms. The van der Waals surface area contributed by atoms with Crippen molar-refractivity contribution in [1.29, 1.82) is 0 Å². The van der Waals surface area contributed by atoms with Gasteiger partial charge in [0.15, 0.2) is 17.2 Å². The molecule has 0 saturated heterocycles. The van der Waals surface area contributed by atoms with Crippen LogP contribution in [0.15, 0.2) is 134 Å². The minimum Gasteiger partial charge on any atom is -0.392 e. The van der Waals surface area contributed by atoms with Crippen molar-refractivity contribution in [2.75, 3.05) is 0 Å². The minimum absolute atomic E-state index is 0.116. The van der Waals surface area contributed by atoms with E-state index in [9.17, 15) is 4.11 Å². The summed E-state index contributed by atoms with van der Waals surface area (Å²) in [4.78, 5) is 0. The molecule has 0 amide bonds. The number of benzene rings is 6. The van der Waals surface area contributed by atoms with Crippen LogP contribution >= 0.6 is 0 Å². The molecule has 0 fully saturated rings. The van der Waals surface area contributed by atoms with Gasteiger partial charge in [-0.1, -0.05) is 135 Å². The summed E-state index contributed by atoms with van der Waals surface area (Å²) in [5.41, 5.74) is 15.7. The molecule has 0 saturated carbocycles. The third kappa shape index (κ3) is 5.37. The molecule has 4 nitrogen and oxygen atoms in total. The van der Waals surface area contributed by atoms with E-state index < -0.39 is 19.6 Å². The van der Waals surface area contributed by atoms with Gasteiger partial charge in [0.05, 0.1) is 5.56 Å². The van der Waals surface area contributed by atoms with Crippen molar-refractivity contribution in [3.8, 4) is 67.5 Å². The van der Waals surface area contributed by atoms with Crippen molar-refractivity contribution in [3.05, 3.63) is 167 Å². The maximum absolute atomic E-state index is 9.20. The molecule has 3 aliphatic heterocycles. The quantitative estimate of drug-likeness (QED) is 0.163. The first kappa shape index (κ1) is 31.6. The van der Waals surface area contributed by atoms with Crippen LogP contribution in [0.2, 0.25) is 0 Å². The number of imidazole rings is 1. The zero-order chi connectivity index (χ0) is 47.5. The minimum atomic E-state index is -2.47. The fourth-order valence-corrected chi connectivity index (χ4v) is 9.87. The highest BCUT2D eigenvalue weighted by Gasteiger charge is 2.68. The third-order valence-corrected chi connectivity index (χ3v) is 13.2. The van der Waals surface area contributed by atoms with Gasteiger partial charge in [0.1, 0.15) is 22.6 Å². The van der Waals surface area contributed by atoms with Crippen molar-refractivity contribution >= 4 is 11.0 Å². The number of hydrogen-bond donors (Lipinski definition) is 0. The van der Waals surface area contributed by atoms with Crippen LogP contribution in [-0.2, 0) is 22.1 Å². The van der Waals surface area contributed by atoms with Crippen LogP contribution < -0.4 is 13.9 Å². The standard InChI is InChI=1S/C57H55N3O/c1-34-19-21-36(22-20-34)38-25-26-58-49(30-38)46-33-42(56(9,10)11)32-45-43-16-14-17-48-52(43)60-53(44-15-12-13-18-50(44)61-57(58,60)51(45)46)59(48)47-24-23-37(27-35(47)2)39-28-40(54(3,4)5)31-41(29-39)55(6,7)8/h12-33H,1-11H3/q+2/i1D3,2D3. The summed E-state index contributed by atoms with van der Waals surface area (Å²) in [6.07, 6.45) is 2.09. The molecule has 5 heterocycles. The Morgan fingerprint density at radius 1 is 0.557 bits per heavy atom. The molecular weight excluding hydrogens is 743 g/mol. The van der Waals surface area contributed by atoms with Gasteiger partial charge < -0.3 is 4.74 Å². The van der Waals surface area contributed by atoms with Crippen LogP contribution in [0.1, 0.15) is 104 Å². The van der Waals surface area contributed by atoms with Crippen LogP contribution in [-0.4, -0.2) is 4.57 Å². The van der Waals surface area contributed by atoms with Gasteiger partial charge in [-0.25, -0.2) is 0 Å². The van der Waals surface area contributed by atoms with Gasteiger partial charge in [-0.05, 0) is 123 Å². The second kappa shape index (κ2) is 12.4. The number of hydrogen-bond acceptors (Lipinski definition) is 1. The maximum Gasteiger partial charge on any atom is 0.499 e. The van der Waals surface area contributed by atoms with Crippen LogP contribution in [0.5, 0.6) is 5.75 Å². The van der Waals surface area contributed by atoms with E-state index in [0.717, 1.165) is 72.6 Å². The highest BCUT2D eigenvalue weighted by Crippen LogP contribution is 2.54. The van der Waals surface area contributed by atoms with E-state index in [1.165, 1.54) is 16.7 Å². The van der Waals surface area contributed by atoms with Crippen molar-refractivity contribution in [1.82, 2.24) is 4.57 Å². The third-order valence-electron chi connectivity index (χ3n) is 13.2. The fourth-order valence-electron chi connectivity index (χ4n) is 9.87. The number of fused-ring (bicyclic) bond motifs is 5. The van der Waals surface area contributed by atoms with Gasteiger partial charge in [0.2, 0.25) is 5.69 Å². The molecule has 2 aromatic heterocycles. The van der Waals surface area contributed by atoms with Crippen LogP contribution in [0.4, 0.5) is 0 Å². The van der Waals surface area contributed by atoms with Crippen molar-refractivity contribution in [3.63, 3.8) is 0 Å². The summed E-state index contributed by atoms with van der Waals surface area (Å²) < 4.78 is 65.8. The summed E-state index contributed by atoms with van der Waals surface area (Å²) in [7, 11) is 0. The number of aromatic nitrogens is 3. The molecule has 3 aliphatic rings. The lowest BCUT2D eigenvalue weighted by Crippen LogP contribution is -2.78. The predicted octanol–water partition coefficient (Wildman–Crippen LogP) is 13.3. The lowest BCUT2D eigenvalue weighted by atomic mass is 9.79. The molecule has 0 N–H and O–H groups in total. The Labute approximate surface area is 369 Å². The molecule has 6 aromatic carbocycles. The summed E-state index contributed by atoms with van der Waals surface area (Å²) in [6.45, 7) is 15.3. The molecule has 0 aliphatic carbocycles. The molecule has 61 heavy (non-hydrogen) atoms. The zero-order valence-corrected chi connectivity index (χ0v) is 36.5. The fraction of sp³-hybridized carbons (Fsp3) is 0.263. The monoisotopic (exact) mass is 803 g/mol. The molecule has 0 bridgehead atoms. The Bertz CT molecular complexity index is 3380. The number of pyridine rings is 1. The molecule has 0 radical (unpaired) electrons. The Morgan fingerprint density at radius 3 is 1.92 bits per heavy atom. The average Bonchev–Trinajstić information content (AvgIpc) is 3.76. The van der Waals surface area contributed by atoms with Crippen LogP contribution in [0, 0.1) is 13.7 Å². The SMILES string of the molecule is [2H]C([2H])([2H])c1ccc(-c2cc[n+]3c(c2)-c2cc(C(C)(C)C)cc4c2C32Oc3ccccc3-c3n(-c5ccc(-c6cc(C(C)(C)C)cc(C(C)(C)C)c6)cc5C([2H])([2H])[2H])c5cccc-4c5[n+]32)cc1. The Hall–Kier alpha value is -6.26. The van der Waals surface area contributed by atoms with E-state index in [-0.39, 0.29) is 21.8 Å². The van der Waals surface area contributed by atoms with Gasteiger partial charge in [-0.2, -0.15) is 4.57 Å². The van der Waals surface area contributed by atoms with Gasteiger partial charge in [-0.3, -0.25) is 0 Å². The highest BCUT2D eigenvalue weighted by molar-refractivity contribution is 5.98. The smallest absolute Gasteiger partial charge is 0.392 e. The number of para-hydroxylation sites is 2. The molecular formula is C57H55N3O+2. The first-order valence-electron chi connectivity index (χ1n) is 24.4. The van der Waals surface area contributed by atoms with Crippen molar-refractivity contribution in [2.45, 2.75) is 98.1 Å².